The Bertz CT molecular complexity index is 769. The number of halogens is 3. The summed E-state index contributed by atoms with van der Waals surface area (Å²) in [5, 5.41) is 9.92. The molecule has 1 N–H and O–H groups in total. The summed E-state index contributed by atoms with van der Waals surface area (Å²) in [6, 6.07) is 0. The maximum absolute atomic E-state index is 13.1. The number of carbonyl (C=O) groups excluding carboxylic acids is 1. The molecular formula is C27H41F3O2. The van der Waals surface area contributed by atoms with Gasteiger partial charge in [-0.15, -0.1) is 0 Å². The third kappa shape index (κ3) is 3.88. The zero-order valence-corrected chi connectivity index (χ0v) is 20.2. The van der Waals surface area contributed by atoms with Gasteiger partial charge in [-0.3, -0.25) is 4.79 Å². The van der Waals surface area contributed by atoms with Crippen LogP contribution in [0.5, 0.6) is 0 Å². The first kappa shape index (κ1) is 24.3. The lowest BCUT2D eigenvalue weighted by Crippen LogP contribution is -2.49. The van der Waals surface area contributed by atoms with Crippen molar-refractivity contribution in [3.63, 3.8) is 0 Å². The van der Waals surface area contributed by atoms with Gasteiger partial charge in [0, 0.05) is 12.8 Å². The number of fused-ring (bicyclic) bond motifs is 5. The fourth-order valence-corrected chi connectivity index (χ4v) is 8.56. The average molecular weight is 455 g/mol. The average Bonchev–Trinajstić information content (AvgIpc) is 2.96. The van der Waals surface area contributed by atoms with Gasteiger partial charge < -0.3 is 5.11 Å². The van der Waals surface area contributed by atoms with Crippen molar-refractivity contribution in [3.05, 3.63) is 11.6 Å². The Hall–Kier alpha value is -0.840. The first-order valence-corrected chi connectivity index (χ1v) is 12.8. The molecule has 5 heteroatoms. The summed E-state index contributed by atoms with van der Waals surface area (Å²) in [5.74, 6) is 2.87. The van der Waals surface area contributed by atoms with Gasteiger partial charge >= 0.3 is 6.18 Å². The fourth-order valence-electron chi connectivity index (χ4n) is 8.56. The van der Waals surface area contributed by atoms with Gasteiger partial charge in [-0.25, -0.2) is 0 Å². The van der Waals surface area contributed by atoms with Crippen molar-refractivity contribution < 1.29 is 23.1 Å². The lowest BCUT2D eigenvalue weighted by molar-refractivity contribution is -0.256. The van der Waals surface area contributed by atoms with Gasteiger partial charge in [0.1, 0.15) is 5.78 Å². The number of Topliss-reactive ketones (excluding diaryl/α,β-unsaturated/α-hetero) is 1. The van der Waals surface area contributed by atoms with E-state index in [1.165, 1.54) is 18.4 Å². The van der Waals surface area contributed by atoms with Crippen LogP contribution in [0.4, 0.5) is 13.2 Å². The van der Waals surface area contributed by atoms with Gasteiger partial charge in [0.05, 0.1) is 0 Å². The Morgan fingerprint density at radius 1 is 1.16 bits per heavy atom. The van der Waals surface area contributed by atoms with Crippen molar-refractivity contribution in [3.8, 4) is 0 Å². The highest BCUT2D eigenvalue weighted by atomic mass is 19.4. The molecule has 2 nitrogen and oxygen atoms in total. The van der Waals surface area contributed by atoms with Crippen LogP contribution in [0.2, 0.25) is 0 Å². The summed E-state index contributed by atoms with van der Waals surface area (Å²) in [5.41, 5.74) is -0.894. The van der Waals surface area contributed by atoms with Crippen LogP contribution < -0.4 is 0 Å². The third-order valence-electron chi connectivity index (χ3n) is 10.6. The number of alkyl halides is 3. The number of aliphatic hydroxyl groups is 1. The van der Waals surface area contributed by atoms with Crippen molar-refractivity contribution in [1.29, 1.82) is 0 Å². The molecule has 0 heterocycles. The fraction of sp³-hybridized carbons (Fsp3) is 0.889. The molecule has 182 valence electrons. The maximum atomic E-state index is 13.1. The maximum Gasteiger partial charge on any atom is 0.416 e. The number of allylic oxidation sites excluding steroid dienone is 2. The Kier molecular flexibility index (Phi) is 6.17. The Morgan fingerprint density at radius 2 is 1.88 bits per heavy atom. The van der Waals surface area contributed by atoms with E-state index in [-0.39, 0.29) is 23.2 Å². The minimum atomic E-state index is -4.57. The quantitative estimate of drug-likeness (QED) is 0.454. The van der Waals surface area contributed by atoms with Crippen molar-refractivity contribution in [1.82, 2.24) is 0 Å². The molecule has 0 amide bonds. The monoisotopic (exact) mass is 454 g/mol. The van der Waals surface area contributed by atoms with Crippen LogP contribution in [-0.4, -0.2) is 22.7 Å². The van der Waals surface area contributed by atoms with Gasteiger partial charge in [-0.05, 0) is 105 Å². The second kappa shape index (κ2) is 8.13. The van der Waals surface area contributed by atoms with Crippen LogP contribution in [0.1, 0.15) is 98.3 Å². The molecule has 0 aromatic carbocycles. The topological polar surface area (TPSA) is 37.3 Å². The lowest BCUT2D eigenvalue weighted by atomic mass is 9.48. The number of carbonyl (C=O) groups is 1. The van der Waals surface area contributed by atoms with E-state index in [1.807, 2.05) is 0 Å². The summed E-state index contributed by atoms with van der Waals surface area (Å²) in [4.78, 5) is 12.3. The van der Waals surface area contributed by atoms with Gasteiger partial charge in [0.25, 0.3) is 0 Å². The molecule has 0 radical (unpaired) electrons. The largest absolute Gasteiger partial charge is 0.416 e. The molecule has 1 unspecified atom stereocenters. The van der Waals surface area contributed by atoms with E-state index in [0.29, 0.717) is 48.7 Å². The Labute approximate surface area is 191 Å². The van der Waals surface area contributed by atoms with Gasteiger partial charge in [0.15, 0.2) is 5.60 Å². The summed E-state index contributed by atoms with van der Waals surface area (Å²) in [6.07, 6.45) is 7.10. The molecule has 8 atom stereocenters. The standard InChI is InChI=1S/C27H41F3O2/c1-17(11-15-26(4,32)27(28,29)30)21-9-10-22-20-8-7-18-16-19(31)6-5-13-24(18,2)23(20)12-14-25(21,22)3/h7,17,20-23,32H,5-6,8-16H2,1-4H3/t17-,20+,21-,22+,23+,24+,25-,26?/m1/s1. The zero-order valence-electron chi connectivity index (χ0n) is 20.2. The second-order valence-corrected chi connectivity index (χ2v) is 12.3. The van der Waals surface area contributed by atoms with Crippen molar-refractivity contribution in [2.45, 2.75) is 110 Å². The first-order valence-electron chi connectivity index (χ1n) is 12.8. The smallest absolute Gasteiger partial charge is 0.381 e. The SMILES string of the molecule is C[C@H](CCC(C)(O)C(F)(F)F)[C@H]1CC[C@H]2[C@@H]3CC=C4CC(=O)CCC[C@]4(C)[C@H]3CC[C@]12C. The van der Waals surface area contributed by atoms with Crippen LogP contribution in [0.3, 0.4) is 0 Å². The number of hydrogen-bond acceptors (Lipinski definition) is 2. The van der Waals surface area contributed by atoms with Crippen molar-refractivity contribution >= 4 is 5.78 Å². The van der Waals surface area contributed by atoms with Crippen LogP contribution in [0.15, 0.2) is 11.6 Å². The minimum absolute atomic E-state index is 0.144. The van der Waals surface area contributed by atoms with Crippen LogP contribution in [0, 0.1) is 40.4 Å². The molecule has 4 aliphatic rings. The van der Waals surface area contributed by atoms with Crippen molar-refractivity contribution in [2.75, 3.05) is 0 Å². The molecule has 32 heavy (non-hydrogen) atoms. The summed E-state index contributed by atoms with van der Waals surface area (Å²) in [6.45, 7) is 7.83. The Morgan fingerprint density at radius 3 is 2.56 bits per heavy atom. The highest BCUT2D eigenvalue weighted by molar-refractivity contribution is 5.81. The number of ketones is 1. The molecule has 0 aliphatic heterocycles. The molecule has 3 fully saturated rings. The predicted octanol–water partition coefficient (Wildman–Crippen LogP) is 7.25. The molecule has 0 aromatic rings. The van der Waals surface area contributed by atoms with Crippen LogP contribution >= 0.6 is 0 Å². The normalized spacial score (nSPS) is 42.8. The minimum Gasteiger partial charge on any atom is -0.381 e. The van der Waals surface area contributed by atoms with E-state index in [4.69, 9.17) is 0 Å². The molecule has 3 saturated carbocycles. The number of rotatable bonds is 4. The van der Waals surface area contributed by atoms with E-state index < -0.39 is 11.8 Å². The summed E-state index contributed by atoms with van der Waals surface area (Å²) < 4.78 is 39.4. The molecule has 0 bridgehead atoms. The predicted molar refractivity (Wildman–Crippen MR) is 120 cm³/mol. The third-order valence-corrected chi connectivity index (χ3v) is 10.6. The van der Waals surface area contributed by atoms with Crippen molar-refractivity contribution in [2.24, 2.45) is 40.4 Å². The van der Waals surface area contributed by atoms with Gasteiger partial charge in [-0.2, -0.15) is 13.2 Å². The zero-order chi connectivity index (χ0) is 23.5. The molecule has 0 saturated heterocycles. The molecule has 0 aromatic heterocycles. The molecular weight excluding hydrogens is 413 g/mol. The van der Waals surface area contributed by atoms with E-state index in [0.717, 1.165) is 39.0 Å². The second-order valence-electron chi connectivity index (χ2n) is 12.3. The van der Waals surface area contributed by atoms with E-state index in [2.05, 4.69) is 26.8 Å². The highest BCUT2D eigenvalue weighted by Crippen LogP contribution is 2.67. The van der Waals surface area contributed by atoms with Gasteiger partial charge in [0.2, 0.25) is 0 Å². The van der Waals surface area contributed by atoms with Gasteiger partial charge in [-0.1, -0.05) is 32.4 Å². The molecule has 4 aliphatic carbocycles. The summed E-state index contributed by atoms with van der Waals surface area (Å²) >= 11 is 0. The lowest BCUT2D eigenvalue weighted by Gasteiger charge is -2.57. The molecule has 0 spiro atoms. The first-order chi connectivity index (χ1) is 14.8. The molecule has 4 rings (SSSR count). The van der Waals surface area contributed by atoms with E-state index in [1.54, 1.807) is 0 Å². The van der Waals surface area contributed by atoms with E-state index in [9.17, 15) is 23.1 Å². The Balaban J connectivity index is 1.50. The highest BCUT2D eigenvalue weighted by Gasteiger charge is 2.59. The van der Waals surface area contributed by atoms with E-state index >= 15 is 0 Å². The number of hydrogen-bond donors (Lipinski definition) is 1. The summed E-state index contributed by atoms with van der Waals surface area (Å²) in [7, 11) is 0. The van der Waals surface area contributed by atoms with Crippen LogP contribution in [0.25, 0.3) is 0 Å². The van der Waals surface area contributed by atoms with Crippen LogP contribution in [-0.2, 0) is 4.79 Å².